The van der Waals surface area contributed by atoms with Gasteiger partial charge in [-0.1, -0.05) is 60.7 Å². The van der Waals surface area contributed by atoms with Crippen molar-refractivity contribution in [3.63, 3.8) is 0 Å². The number of hydrogen-bond donors (Lipinski definition) is 2. The number of nitrogens with one attached hydrogen (secondary N) is 1. The van der Waals surface area contributed by atoms with E-state index in [2.05, 4.69) is 22.1 Å². The molecule has 5 aromatic rings. The van der Waals surface area contributed by atoms with Crippen LogP contribution in [0.1, 0.15) is 22.8 Å². The number of H-pyrrole nitrogens is 1. The van der Waals surface area contributed by atoms with E-state index in [0.29, 0.717) is 24.2 Å². The van der Waals surface area contributed by atoms with Gasteiger partial charge < -0.3 is 10.1 Å². The topological polar surface area (TPSA) is 79.1 Å². The summed E-state index contributed by atoms with van der Waals surface area (Å²) in [5.41, 5.74) is 4.97. The molecule has 0 radical (unpaired) electrons. The fourth-order valence-electron chi connectivity index (χ4n) is 3.47. The molecule has 5 rings (SSSR count). The van der Waals surface area contributed by atoms with Gasteiger partial charge in [0.05, 0.1) is 17.8 Å². The van der Waals surface area contributed by atoms with Crippen molar-refractivity contribution in [2.75, 3.05) is 0 Å². The van der Waals surface area contributed by atoms with Crippen molar-refractivity contribution in [3.05, 3.63) is 102 Å². The molecule has 3 heterocycles. The van der Waals surface area contributed by atoms with E-state index in [0.717, 1.165) is 28.3 Å². The largest absolute Gasteiger partial charge is 0.493 e. The molecule has 0 spiro atoms. The molecule has 0 aliphatic carbocycles. The Hall–Kier alpha value is -3.93. The SMILES string of the molecule is Oc1c(Cc2ncc[nH]2)nc2c(Cc3ccccc3)nc(-c3ccccc3)cn12. The molecule has 0 fully saturated rings. The lowest BCUT2D eigenvalue weighted by Crippen LogP contribution is -2.00. The van der Waals surface area contributed by atoms with E-state index in [1.54, 1.807) is 16.8 Å². The summed E-state index contributed by atoms with van der Waals surface area (Å²) in [4.78, 5) is 16.9. The molecule has 2 aromatic carbocycles. The molecule has 0 saturated carbocycles. The minimum absolute atomic E-state index is 0.116. The first-order valence-electron chi connectivity index (χ1n) is 9.45. The first-order chi connectivity index (χ1) is 14.3. The lowest BCUT2D eigenvalue weighted by molar-refractivity contribution is 0.442. The van der Waals surface area contributed by atoms with Gasteiger partial charge in [0.1, 0.15) is 11.5 Å². The molecule has 0 saturated heterocycles. The van der Waals surface area contributed by atoms with Gasteiger partial charge in [-0.25, -0.2) is 15.0 Å². The van der Waals surface area contributed by atoms with E-state index in [9.17, 15) is 5.11 Å². The molecule has 0 unspecified atom stereocenters. The fourth-order valence-corrected chi connectivity index (χ4v) is 3.47. The van der Waals surface area contributed by atoms with Crippen molar-refractivity contribution in [2.45, 2.75) is 12.8 Å². The van der Waals surface area contributed by atoms with Crippen LogP contribution in [0.2, 0.25) is 0 Å². The van der Waals surface area contributed by atoms with Gasteiger partial charge in [0.2, 0.25) is 5.88 Å². The average molecular weight is 381 g/mol. The second-order valence-corrected chi connectivity index (χ2v) is 6.89. The Morgan fingerprint density at radius 3 is 2.34 bits per heavy atom. The van der Waals surface area contributed by atoms with Crippen LogP contribution in [0.5, 0.6) is 5.88 Å². The quantitative estimate of drug-likeness (QED) is 0.482. The van der Waals surface area contributed by atoms with E-state index in [1.165, 1.54) is 0 Å². The Balaban J connectivity index is 1.67. The van der Waals surface area contributed by atoms with Gasteiger partial charge in [0, 0.05) is 30.6 Å². The van der Waals surface area contributed by atoms with Gasteiger partial charge in [-0.05, 0) is 5.56 Å². The molecule has 0 aliphatic heterocycles. The predicted octanol–water partition coefficient (Wildman–Crippen LogP) is 4.01. The van der Waals surface area contributed by atoms with Gasteiger partial charge in [-0.3, -0.25) is 4.40 Å². The summed E-state index contributed by atoms with van der Waals surface area (Å²) >= 11 is 0. The molecule has 29 heavy (non-hydrogen) atoms. The first-order valence-corrected chi connectivity index (χ1v) is 9.45. The molecule has 0 bridgehead atoms. The van der Waals surface area contributed by atoms with Gasteiger partial charge in [0.25, 0.3) is 0 Å². The van der Waals surface area contributed by atoms with Crippen LogP contribution >= 0.6 is 0 Å². The number of aromatic amines is 1. The average Bonchev–Trinajstić information content (AvgIpc) is 3.38. The second-order valence-electron chi connectivity index (χ2n) is 6.89. The molecule has 0 atom stereocenters. The van der Waals surface area contributed by atoms with Crippen molar-refractivity contribution in [2.24, 2.45) is 0 Å². The highest BCUT2D eigenvalue weighted by Gasteiger charge is 2.18. The predicted molar refractivity (Wildman–Crippen MR) is 111 cm³/mol. The standard InChI is InChI=1S/C23H19N5O/c29-23-19(14-21-24-11-12-25-21)27-22-18(13-16-7-3-1-4-8-16)26-20(15-28(22)23)17-9-5-2-6-10-17/h1-12,15,29H,13-14H2,(H,24,25). The third-order valence-electron chi connectivity index (χ3n) is 4.89. The number of benzene rings is 2. The number of imidazole rings is 2. The molecule has 2 N–H and O–H groups in total. The fraction of sp³-hybridized carbons (Fsp3) is 0.0870. The van der Waals surface area contributed by atoms with E-state index < -0.39 is 0 Å². The van der Waals surface area contributed by atoms with Crippen LogP contribution in [0.25, 0.3) is 16.9 Å². The van der Waals surface area contributed by atoms with Crippen LogP contribution in [-0.2, 0) is 12.8 Å². The van der Waals surface area contributed by atoms with E-state index in [-0.39, 0.29) is 5.88 Å². The third-order valence-corrected chi connectivity index (χ3v) is 4.89. The monoisotopic (exact) mass is 381 g/mol. The highest BCUT2D eigenvalue weighted by atomic mass is 16.3. The Labute approximate surface area is 167 Å². The maximum Gasteiger partial charge on any atom is 0.219 e. The van der Waals surface area contributed by atoms with Gasteiger partial charge in [0.15, 0.2) is 5.65 Å². The Morgan fingerprint density at radius 1 is 0.862 bits per heavy atom. The van der Waals surface area contributed by atoms with Crippen LogP contribution in [-0.4, -0.2) is 29.4 Å². The first kappa shape index (κ1) is 17.2. The summed E-state index contributed by atoms with van der Waals surface area (Å²) < 4.78 is 1.73. The zero-order valence-corrected chi connectivity index (χ0v) is 15.7. The minimum atomic E-state index is 0.116. The van der Waals surface area contributed by atoms with E-state index in [1.807, 2.05) is 54.7 Å². The van der Waals surface area contributed by atoms with Crippen molar-refractivity contribution < 1.29 is 5.11 Å². The number of hydrogen-bond acceptors (Lipinski definition) is 4. The number of fused-ring (bicyclic) bond motifs is 1. The van der Waals surface area contributed by atoms with Crippen LogP contribution in [0.4, 0.5) is 0 Å². The third kappa shape index (κ3) is 3.36. The molecule has 6 nitrogen and oxygen atoms in total. The Kier molecular flexibility index (Phi) is 4.29. The molecular formula is C23H19N5O. The number of nitrogens with zero attached hydrogens (tertiary/aromatic N) is 4. The summed E-state index contributed by atoms with van der Waals surface area (Å²) in [6.07, 6.45) is 6.34. The van der Waals surface area contributed by atoms with Gasteiger partial charge in [-0.2, -0.15) is 0 Å². The van der Waals surface area contributed by atoms with Crippen LogP contribution in [0.3, 0.4) is 0 Å². The summed E-state index contributed by atoms with van der Waals surface area (Å²) in [6, 6.07) is 20.1. The molecule has 142 valence electrons. The summed E-state index contributed by atoms with van der Waals surface area (Å²) in [5.74, 6) is 0.870. The summed E-state index contributed by atoms with van der Waals surface area (Å²) in [6.45, 7) is 0. The molecular weight excluding hydrogens is 362 g/mol. The molecule has 3 aromatic heterocycles. The van der Waals surface area contributed by atoms with Crippen molar-refractivity contribution in [3.8, 4) is 17.1 Å². The Bertz CT molecular complexity index is 1250. The number of aromatic hydroxyl groups is 1. The second kappa shape index (κ2) is 7.24. The number of rotatable bonds is 5. The number of aromatic nitrogens is 5. The normalized spacial score (nSPS) is 11.2. The maximum absolute atomic E-state index is 10.9. The lowest BCUT2D eigenvalue weighted by atomic mass is 10.1. The highest BCUT2D eigenvalue weighted by molar-refractivity contribution is 5.63. The van der Waals surface area contributed by atoms with Crippen LogP contribution in [0, 0.1) is 0 Å². The molecule has 0 amide bonds. The van der Waals surface area contributed by atoms with Crippen molar-refractivity contribution in [1.29, 1.82) is 0 Å². The van der Waals surface area contributed by atoms with E-state index in [4.69, 9.17) is 9.97 Å². The molecule has 0 aliphatic rings. The lowest BCUT2D eigenvalue weighted by Gasteiger charge is -2.08. The maximum atomic E-state index is 10.9. The van der Waals surface area contributed by atoms with E-state index >= 15 is 0 Å². The van der Waals surface area contributed by atoms with Crippen molar-refractivity contribution in [1.82, 2.24) is 24.3 Å². The zero-order valence-electron chi connectivity index (χ0n) is 15.7. The molecule has 6 heteroatoms. The summed E-state index contributed by atoms with van der Waals surface area (Å²) in [5, 5.41) is 10.9. The van der Waals surface area contributed by atoms with Crippen molar-refractivity contribution >= 4 is 5.65 Å². The van der Waals surface area contributed by atoms with Gasteiger partial charge in [-0.15, -0.1) is 0 Å². The Morgan fingerprint density at radius 2 is 1.62 bits per heavy atom. The van der Waals surface area contributed by atoms with Crippen LogP contribution in [0.15, 0.2) is 79.3 Å². The summed E-state index contributed by atoms with van der Waals surface area (Å²) in [7, 11) is 0. The van der Waals surface area contributed by atoms with Gasteiger partial charge >= 0.3 is 0 Å². The highest BCUT2D eigenvalue weighted by Crippen LogP contribution is 2.27. The smallest absolute Gasteiger partial charge is 0.219 e. The zero-order chi connectivity index (χ0) is 19.6. The minimum Gasteiger partial charge on any atom is -0.493 e. The van der Waals surface area contributed by atoms with Crippen LogP contribution < -0.4 is 0 Å².